The summed E-state index contributed by atoms with van der Waals surface area (Å²) in [5.74, 6) is -0.00456. The highest BCUT2D eigenvalue weighted by Crippen LogP contribution is 2.45. The Bertz CT molecular complexity index is 1390. The van der Waals surface area contributed by atoms with E-state index in [-0.39, 0.29) is 18.1 Å². The minimum Gasteiger partial charge on any atom is -0.507 e. The number of anilines is 2. The number of aliphatic hydroxyl groups excluding tert-OH is 1. The summed E-state index contributed by atoms with van der Waals surface area (Å²) >= 11 is 0. The van der Waals surface area contributed by atoms with Crippen molar-refractivity contribution >= 4 is 28.8 Å². The summed E-state index contributed by atoms with van der Waals surface area (Å²) in [4.78, 5) is 30.3. The number of amides is 1. The van der Waals surface area contributed by atoms with Gasteiger partial charge in [-0.1, -0.05) is 12.1 Å². The SMILES string of the molecule is COc1cc(OC)cc(N2C(=O)C(=O)/C(=C(\O)c3ccc4c(c3)OCO4)C2c2ccc(N(C)C)cc2)c1. The fraction of sp³-hybridized carbons (Fsp3) is 0.214. The Morgan fingerprint density at radius 3 is 2.19 bits per heavy atom. The molecule has 1 fully saturated rings. The molecule has 0 spiro atoms. The molecule has 1 saturated heterocycles. The number of hydrogen-bond acceptors (Lipinski definition) is 8. The van der Waals surface area contributed by atoms with Crippen LogP contribution in [0, 0.1) is 0 Å². The van der Waals surface area contributed by atoms with Gasteiger partial charge in [0.1, 0.15) is 17.3 Å². The summed E-state index contributed by atoms with van der Waals surface area (Å²) in [6, 6.07) is 16.4. The summed E-state index contributed by atoms with van der Waals surface area (Å²) in [5, 5.41) is 11.4. The highest BCUT2D eigenvalue weighted by atomic mass is 16.7. The standard InChI is InChI=1S/C28H26N2O7/c1-29(2)18-8-5-16(6-9-18)25-24(26(31)17-7-10-22-23(11-17)37-15-36-22)27(32)28(33)30(25)19-12-20(34-3)14-21(13-19)35-4/h5-14,25,31H,15H2,1-4H3/b26-24-. The van der Waals surface area contributed by atoms with Crippen LogP contribution < -0.4 is 28.7 Å². The Morgan fingerprint density at radius 2 is 1.57 bits per heavy atom. The lowest BCUT2D eigenvalue weighted by molar-refractivity contribution is -0.132. The number of carbonyl (C=O) groups is 2. The molecule has 0 bridgehead atoms. The van der Waals surface area contributed by atoms with Crippen LogP contribution in [-0.4, -0.2) is 51.9 Å². The molecule has 0 aliphatic carbocycles. The van der Waals surface area contributed by atoms with E-state index in [9.17, 15) is 14.7 Å². The van der Waals surface area contributed by atoms with E-state index in [4.69, 9.17) is 18.9 Å². The van der Waals surface area contributed by atoms with E-state index >= 15 is 0 Å². The van der Waals surface area contributed by atoms with E-state index in [0.29, 0.717) is 39.8 Å². The Morgan fingerprint density at radius 1 is 0.919 bits per heavy atom. The Kier molecular flexibility index (Phi) is 6.12. The molecule has 1 N–H and O–H groups in total. The molecule has 190 valence electrons. The summed E-state index contributed by atoms with van der Waals surface area (Å²) in [6.07, 6.45) is 0. The topological polar surface area (TPSA) is 97.8 Å². The molecule has 2 aliphatic rings. The van der Waals surface area contributed by atoms with E-state index in [1.54, 1.807) is 36.4 Å². The summed E-state index contributed by atoms with van der Waals surface area (Å²) in [5.41, 5.74) is 2.28. The highest BCUT2D eigenvalue weighted by molar-refractivity contribution is 6.51. The smallest absolute Gasteiger partial charge is 0.300 e. The maximum Gasteiger partial charge on any atom is 0.300 e. The quantitative estimate of drug-likeness (QED) is 0.305. The maximum atomic E-state index is 13.5. The molecule has 0 radical (unpaired) electrons. The molecule has 0 aromatic heterocycles. The first-order valence-corrected chi connectivity index (χ1v) is 11.5. The van der Waals surface area contributed by atoms with Gasteiger partial charge in [0, 0.05) is 43.5 Å². The van der Waals surface area contributed by atoms with Crippen molar-refractivity contribution in [3.8, 4) is 23.0 Å². The van der Waals surface area contributed by atoms with E-state index in [2.05, 4.69) is 0 Å². The second kappa shape index (κ2) is 9.42. The molecule has 3 aromatic carbocycles. The van der Waals surface area contributed by atoms with Gasteiger partial charge in [-0.2, -0.15) is 0 Å². The van der Waals surface area contributed by atoms with E-state index < -0.39 is 17.7 Å². The minimum absolute atomic E-state index is 0.0387. The van der Waals surface area contributed by atoms with Crippen LogP contribution in [0.2, 0.25) is 0 Å². The van der Waals surface area contributed by atoms with E-state index in [1.165, 1.54) is 19.1 Å². The van der Waals surface area contributed by atoms with Crippen LogP contribution in [0.5, 0.6) is 23.0 Å². The normalized spacial score (nSPS) is 17.7. The van der Waals surface area contributed by atoms with Gasteiger partial charge in [-0.15, -0.1) is 0 Å². The first-order valence-electron chi connectivity index (χ1n) is 11.5. The Labute approximate surface area is 214 Å². The number of carbonyl (C=O) groups excluding carboxylic acids is 2. The summed E-state index contributed by atoms with van der Waals surface area (Å²) < 4.78 is 21.6. The lowest BCUT2D eigenvalue weighted by Crippen LogP contribution is -2.29. The molecule has 1 atom stereocenters. The number of methoxy groups -OCH3 is 2. The average Bonchev–Trinajstić information content (AvgIpc) is 3.49. The molecule has 0 saturated carbocycles. The zero-order chi connectivity index (χ0) is 26.3. The second-order valence-corrected chi connectivity index (χ2v) is 8.79. The van der Waals surface area contributed by atoms with Gasteiger partial charge >= 0.3 is 0 Å². The van der Waals surface area contributed by atoms with Crippen LogP contribution >= 0.6 is 0 Å². The molecule has 1 unspecified atom stereocenters. The molecule has 9 heteroatoms. The monoisotopic (exact) mass is 502 g/mol. The van der Waals surface area contributed by atoms with Gasteiger partial charge in [0.2, 0.25) is 6.79 Å². The third kappa shape index (κ3) is 4.18. The van der Waals surface area contributed by atoms with Gasteiger partial charge in [-0.25, -0.2) is 0 Å². The molecule has 1 amide bonds. The predicted molar refractivity (Wildman–Crippen MR) is 138 cm³/mol. The van der Waals surface area contributed by atoms with E-state index in [1.807, 2.05) is 43.3 Å². The number of ketones is 1. The second-order valence-electron chi connectivity index (χ2n) is 8.79. The minimum atomic E-state index is -0.904. The first-order chi connectivity index (χ1) is 17.8. The van der Waals surface area contributed by atoms with Crippen molar-refractivity contribution in [2.24, 2.45) is 0 Å². The van der Waals surface area contributed by atoms with E-state index in [0.717, 1.165) is 5.69 Å². The Hall–Kier alpha value is -4.66. The number of Topliss-reactive ketones (excluding diaryl/α,β-unsaturated/α-hetero) is 1. The van der Waals surface area contributed by atoms with Gasteiger partial charge in [-0.05, 0) is 35.9 Å². The van der Waals surface area contributed by atoms with Gasteiger partial charge < -0.3 is 29.0 Å². The maximum absolute atomic E-state index is 13.5. The number of benzene rings is 3. The first kappa shape index (κ1) is 24.1. The molecular formula is C28H26N2O7. The Balaban J connectivity index is 1.71. The van der Waals surface area contributed by atoms with Crippen LogP contribution in [-0.2, 0) is 9.59 Å². The number of fused-ring (bicyclic) bond motifs is 1. The largest absolute Gasteiger partial charge is 0.507 e. The predicted octanol–water partition coefficient (Wildman–Crippen LogP) is 4.12. The molecule has 37 heavy (non-hydrogen) atoms. The third-order valence-corrected chi connectivity index (χ3v) is 6.43. The van der Waals surface area contributed by atoms with Crippen molar-refractivity contribution in [2.75, 3.05) is 44.9 Å². The number of rotatable bonds is 6. The number of hydrogen-bond donors (Lipinski definition) is 1. The van der Waals surface area contributed by atoms with Crippen LogP contribution in [0.4, 0.5) is 11.4 Å². The lowest BCUT2D eigenvalue weighted by Gasteiger charge is -2.26. The number of aliphatic hydroxyl groups is 1. The number of nitrogens with zero attached hydrogens (tertiary/aromatic N) is 2. The van der Waals surface area contributed by atoms with Crippen LogP contribution in [0.3, 0.4) is 0 Å². The van der Waals surface area contributed by atoms with Crippen molar-refractivity contribution in [3.05, 3.63) is 77.4 Å². The molecular weight excluding hydrogens is 476 g/mol. The molecule has 5 rings (SSSR count). The summed E-state index contributed by atoms with van der Waals surface area (Å²) in [7, 11) is 6.85. The van der Waals surface area contributed by atoms with Gasteiger partial charge in [0.05, 0.1) is 31.5 Å². The van der Waals surface area contributed by atoms with Crippen molar-refractivity contribution in [1.82, 2.24) is 0 Å². The van der Waals surface area contributed by atoms with Crippen LogP contribution in [0.15, 0.2) is 66.2 Å². The lowest BCUT2D eigenvalue weighted by atomic mass is 9.94. The molecule has 2 aliphatic heterocycles. The van der Waals surface area contributed by atoms with Gasteiger partial charge in [-0.3, -0.25) is 14.5 Å². The molecule has 2 heterocycles. The van der Waals surface area contributed by atoms with Crippen molar-refractivity contribution < 1.29 is 33.6 Å². The third-order valence-electron chi connectivity index (χ3n) is 6.43. The van der Waals surface area contributed by atoms with Crippen LogP contribution in [0.1, 0.15) is 17.2 Å². The van der Waals surface area contributed by atoms with Crippen molar-refractivity contribution in [2.45, 2.75) is 6.04 Å². The van der Waals surface area contributed by atoms with Crippen molar-refractivity contribution in [1.29, 1.82) is 0 Å². The van der Waals surface area contributed by atoms with Crippen LogP contribution in [0.25, 0.3) is 5.76 Å². The zero-order valence-corrected chi connectivity index (χ0v) is 20.8. The number of ether oxygens (including phenoxy) is 4. The van der Waals surface area contributed by atoms with Crippen molar-refractivity contribution in [3.63, 3.8) is 0 Å². The molecule has 3 aromatic rings. The van der Waals surface area contributed by atoms with Gasteiger partial charge in [0.25, 0.3) is 11.7 Å². The van der Waals surface area contributed by atoms with Gasteiger partial charge in [0.15, 0.2) is 11.5 Å². The summed E-state index contributed by atoms with van der Waals surface area (Å²) in [6.45, 7) is 0.0693. The molecule has 9 nitrogen and oxygen atoms in total. The fourth-order valence-corrected chi connectivity index (χ4v) is 4.50. The highest BCUT2D eigenvalue weighted by Gasteiger charge is 2.47. The average molecular weight is 503 g/mol. The zero-order valence-electron chi connectivity index (χ0n) is 20.8. The fourth-order valence-electron chi connectivity index (χ4n) is 4.50.